The molecule has 0 saturated heterocycles. The molecule has 2 heteroatoms. The monoisotopic (exact) mass is 375 g/mol. The summed E-state index contributed by atoms with van der Waals surface area (Å²) in [6, 6.07) is 34.9. The average molecular weight is 375 g/mol. The van der Waals surface area contributed by atoms with Gasteiger partial charge in [0.2, 0.25) is 0 Å². The van der Waals surface area contributed by atoms with Crippen molar-refractivity contribution in [3.8, 4) is 11.8 Å². The minimum atomic E-state index is 0.646. The molecule has 0 atom stereocenters. The van der Waals surface area contributed by atoms with E-state index in [1.54, 1.807) is 0 Å². The van der Waals surface area contributed by atoms with Crippen molar-refractivity contribution < 1.29 is 4.74 Å². The summed E-state index contributed by atoms with van der Waals surface area (Å²) in [4.78, 5) is 0. The van der Waals surface area contributed by atoms with Crippen LogP contribution < -0.4 is 4.74 Å². The molecule has 140 valence electrons. The highest BCUT2D eigenvalue weighted by Gasteiger charge is 2.14. The molecule has 0 heterocycles. The second-order valence-electron chi connectivity index (χ2n) is 6.75. The maximum atomic E-state index is 10.1. The van der Waals surface area contributed by atoms with E-state index in [1.165, 1.54) is 0 Å². The molecule has 0 spiro atoms. The Morgan fingerprint density at radius 2 is 1.34 bits per heavy atom. The highest BCUT2D eigenvalue weighted by atomic mass is 16.5. The minimum absolute atomic E-state index is 0.646. The third kappa shape index (κ3) is 3.90. The van der Waals surface area contributed by atoms with Crippen molar-refractivity contribution in [3.05, 3.63) is 114 Å². The topological polar surface area (TPSA) is 33.0 Å². The molecule has 4 aromatic rings. The van der Waals surface area contributed by atoms with E-state index in [2.05, 4.69) is 48.5 Å². The summed E-state index contributed by atoms with van der Waals surface area (Å²) < 4.78 is 5.62. The van der Waals surface area contributed by atoms with Crippen LogP contribution in [0.3, 0.4) is 0 Å². The standard InChI is InChI=1S/C27H21NO/c1-2-29-25-16-15-22-17-24(14-13-23(22)18-25)27(21-11-7-4-8-12-21)26(19-28)20-9-5-3-6-10-20/h3-18H,2H2,1H3/b27-26+. The molecule has 0 aliphatic carbocycles. The lowest BCUT2D eigenvalue weighted by atomic mass is 9.89. The summed E-state index contributed by atoms with van der Waals surface area (Å²) in [5, 5.41) is 12.3. The predicted octanol–water partition coefficient (Wildman–Crippen LogP) is 6.72. The van der Waals surface area contributed by atoms with Gasteiger partial charge in [0.1, 0.15) is 11.8 Å². The van der Waals surface area contributed by atoms with Crippen molar-refractivity contribution >= 4 is 21.9 Å². The van der Waals surface area contributed by atoms with Gasteiger partial charge in [-0.05, 0) is 52.6 Å². The lowest BCUT2D eigenvalue weighted by molar-refractivity contribution is 0.341. The Labute approximate surface area is 171 Å². The smallest absolute Gasteiger partial charge is 0.119 e. The van der Waals surface area contributed by atoms with Crippen molar-refractivity contribution in [2.24, 2.45) is 0 Å². The fraction of sp³-hybridized carbons (Fsp3) is 0.0741. The largest absolute Gasteiger partial charge is 0.494 e. The first-order chi connectivity index (χ1) is 14.3. The summed E-state index contributed by atoms with van der Waals surface area (Å²) in [6.45, 7) is 2.63. The van der Waals surface area contributed by atoms with Gasteiger partial charge >= 0.3 is 0 Å². The molecule has 0 radical (unpaired) electrons. The Kier molecular flexibility index (Phi) is 5.40. The summed E-state index contributed by atoms with van der Waals surface area (Å²) in [7, 11) is 0. The predicted molar refractivity (Wildman–Crippen MR) is 120 cm³/mol. The Bertz CT molecular complexity index is 1200. The van der Waals surface area contributed by atoms with E-state index in [1.807, 2.05) is 61.5 Å². The number of hydrogen-bond donors (Lipinski definition) is 0. The van der Waals surface area contributed by atoms with Crippen LogP contribution in [-0.2, 0) is 0 Å². The van der Waals surface area contributed by atoms with E-state index in [0.29, 0.717) is 12.2 Å². The third-order valence-corrected chi connectivity index (χ3v) is 4.90. The molecule has 0 aliphatic heterocycles. The van der Waals surface area contributed by atoms with E-state index in [0.717, 1.165) is 38.8 Å². The molecule has 0 aromatic heterocycles. The van der Waals surface area contributed by atoms with Gasteiger partial charge in [-0.2, -0.15) is 5.26 Å². The van der Waals surface area contributed by atoms with E-state index in [-0.39, 0.29) is 0 Å². The fourth-order valence-electron chi connectivity index (χ4n) is 3.57. The maximum Gasteiger partial charge on any atom is 0.119 e. The zero-order valence-electron chi connectivity index (χ0n) is 16.3. The number of nitriles is 1. The molecule has 0 unspecified atom stereocenters. The van der Waals surface area contributed by atoms with Crippen molar-refractivity contribution in [1.82, 2.24) is 0 Å². The zero-order valence-corrected chi connectivity index (χ0v) is 16.3. The number of fused-ring (bicyclic) bond motifs is 1. The van der Waals surface area contributed by atoms with Crippen molar-refractivity contribution in [2.75, 3.05) is 6.61 Å². The van der Waals surface area contributed by atoms with Gasteiger partial charge in [-0.25, -0.2) is 0 Å². The molecule has 4 rings (SSSR count). The Hall–Kier alpha value is -3.83. The highest BCUT2D eigenvalue weighted by Crippen LogP contribution is 2.34. The minimum Gasteiger partial charge on any atom is -0.494 e. The second kappa shape index (κ2) is 8.46. The van der Waals surface area contributed by atoms with Crippen LogP contribution in [0, 0.1) is 11.3 Å². The van der Waals surface area contributed by atoms with Gasteiger partial charge < -0.3 is 4.74 Å². The van der Waals surface area contributed by atoms with Crippen LogP contribution in [0.15, 0.2) is 97.1 Å². The normalized spacial score (nSPS) is 11.6. The number of rotatable bonds is 5. The van der Waals surface area contributed by atoms with Crippen LogP contribution in [0.2, 0.25) is 0 Å². The zero-order chi connectivity index (χ0) is 20.1. The quantitative estimate of drug-likeness (QED) is 0.286. The van der Waals surface area contributed by atoms with Crippen LogP contribution in [0.1, 0.15) is 23.6 Å². The first-order valence-corrected chi connectivity index (χ1v) is 9.72. The molecule has 4 aromatic carbocycles. The van der Waals surface area contributed by atoms with Gasteiger partial charge in [-0.3, -0.25) is 0 Å². The van der Waals surface area contributed by atoms with Crippen molar-refractivity contribution in [2.45, 2.75) is 6.92 Å². The summed E-state index contributed by atoms with van der Waals surface area (Å²) in [6.07, 6.45) is 0. The molecule has 0 amide bonds. The summed E-state index contributed by atoms with van der Waals surface area (Å²) in [5.41, 5.74) is 4.57. The summed E-state index contributed by atoms with van der Waals surface area (Å²) >= 11 is 0. The molecule has 0 N–H and O–H groups in total. The number of hydrogen-bond acceptors (Lipinski definition) is 2. The lowest BCUT2D eigenvalue weighted by Gasteiger charge is -2.14. The number of benzene rings is 4. The average Bonchev–Trinajstić information content (AvgIpc) is 2.78. The molecule has 0 aliphatic rings. The Morgan fingerprint density at radius 3 is 2.00 bits per heavy atom. The van der Waals surface area contributed by atoms with Crippen LogP contribution >= 0.6 is 0 Å². The van der Waals surface area contributed by atoms with Gasteiger partial charge in [-0.1, -0.05) is 78.9 Å². The second-order valence-corrected chi connectivity index (χ2v) is 6.75. The molecular formula is C27H21NO. The van der Waals surface area contributed by atoms with E-state index in [9.17, 15) is 5.26 Å². The lowest BCUT2D eigenvalue weighted by Crippen LogP contribution is -1.95. The first kappa shape index (κ1) is 18.5. The molecule has 0 fully saturated rings. The first-order valence-electron chi connectivity index (χ1n) is 9.72. The third-order valence-electron chi connectivity index (χ3n) is 4.90. The maximum absolute atomic E-state index is 10.1. The molecule has 2 nitrogen and oxygen atoms in total. The van der Waals surface area contributed by atoms with Gasteiger partial charge in [0.05, 0.1) is 12.2 Å². The van der Waals surface area contributed by atoms with Crippen LogP contribution in [0.4, 0.5) is 0 Å². The molecule has 29 heavy (non-hydrogen) atoms. The number of allylic oxidation sites excluding steroid dienone is 1. The van der Waals surface area contributed by atoms with Crippen molar-refractivity contribution in [1.29, 1.82) is 5.26 Å². The highest BCUT2D eigenvalue weighted by molar-refractivity contribution is 6.05. The number of nitrogens with zero attached hydrogens (tertiary/aromatic N) is 1. The molecule has 0 saturated carbocycles. The van der Waals surface area contributed by atoms with Gasteiger partial charge in [-0.15, -0.1) is 0 Å². The summed E-state index contributed by atoms with van der Waals surface area (Å²) in [5.74, 6) is 0.869. The van der Waals surface area contributed by atoms with E-state index < -0.39 is 0 Å². The molecular weight excluding hydrogens is 354 g/mol. The van der Waals surface area contributed by atoms with Crippen LogP contribution in [-0.4, -0.2) is 6.61 Å². The van der Waals surface area contributed by atoms with E-state index >= 15 is 0 Å². The van der Waals surface area contributed by atoms with Gasteiger partial charge in [0.15, 0.2) is 0 Å². The van der Waals surface area contributed by atoms with Crippen molar-refractivity contribution in [3.63, 3.8) is 0 Å². The van der Waals surface area contributed by atoms with Gasteiger partial charge in [0.25, 0.3) is 0 Å². The van der Waals surface area contributed by atoms with Crippen LogP contribution in [0.25, 0.3) is 21.9 Å². The Balaban J connectivity index is 1.94. The fourth-order valence-corrected chi connectivity index (χ4v) is 3.57. The number of ether oxygens (including phenoxy) is 1. The van der Waals surface area contributed by atoms with E-state index in [4.69, 9.17) is 4.74 Å². The van der Waals surface area contributed by atoms with Gasteiger partial charge in [0, 0.05) is 5.57 Å². The van der Waals surface area contributed by atoms with Crippen LogP contribution in [0.5, 0.6) is 5.75 Å². The molecule has 0 bridgehead atoms. The SMILES string of the molecule is CCOc1ccc2cc(/C(=C(\C#N)c3ccccc3)c3ccccc3)ccc2c1. The Morgan fingerprint density at radius 1 is 0.724 bits per heavy atom.